The van der Waals surface area contributed by atoms with Crippen LogP contribution < -0.4 is 0 Å². The lowest BCUT2D eigenvalue weighted by molar-refractivity contribution is -0.142. The quantitative estimate of drug-likeness (QED) is 0.889. The van der Waals surface area contributed by atoms with Crippen molar-refractivity contribution in [3.63, 3.8) is 0 Å². The van der Waals surface area contributed by atoms with Crippen molar-refractivity contribution in [1.82, 2.24) is 4.90 Å². The molecule has 1 aliphatic rings. The summed E-state index contributed by atoms with van der Waals surface area (Å²) in [5.41, 5.74) is 1.03. The van der Waals surface area contributed by atoms with Crippen molar-refractivity contribution >= 4 is 11.9 Å². The Bertz CT molecular complexity index is 457. The molecule has 0 spiro atoms. The Morgan fingerprint density at radius 3 is 2.50 bits per heavy atom. The van der Waals surface area contributed by atoms with Crippen molar-refractivity contribution in [2.75, 3.05) is 0 Å². The van der Waals surface area contributed by atoms with E-state index < -0.39 is 11.9 Å². The maximum atomic E-state index is 12.0. The van der Waals surface area contributed by atoms with Gasteiger partial charge in [-0.3, -0.25) is 9.59 Å². The van der Waals surface area contributed by atoms with Gasteiger partial charge in [-0.05, 0) is 19.4 Å². The van der Waals surface area contributed by atoms with E-state index in [2.05, 4.69) is 0 Å². The number of carboxylic acid groups (broad SMARTS) is 1. The van der Waals surface area contributed by atoms with E-state index in [9.17, 15) is 9.59 Å². The van der Waals surface area contributed by atoms with Crippen LogP contribution in [0.15, 0.2) is 30.3 Å². The second-order valence-electron chi connectivity index (χ2n) is 4.78. The highest BCUT2D eigenvalue weighted by Crippen LogP contribution is 2.33. The van der Waals surface area contributed by atoms with Crippen molar-refractivity contribution < 1.29 is 14.7 Å². The van der Waals surface area contributed by atoms with Gasteiger partial charge in [0, 0.05) is 12.5 Å². The van der Waals surface area contributed by atoms with Crippen LogP contribution in [0.1, 0.15) is 31.9 Å². The number of likely N-dealkylation sites (tertiary alicyclic amines) is 1. The van der Waals surface area contributed by atoms with Gasteiger partial charge in [0.05, 0.1) is 12.0 Å². The highest BCUT2D eigenvalue weighted by Gasteiger charge is 2.43. The molecule has 0 radical (unpaired) electrons. The maximum Gasteiger partial charge on any atom is 0.309 e. The van der Waals surface area contributed by atoms with Crippen LogP contribution >= 0.6 is 0 Å². The fraction of sp³-hybridized carbons (Fsp3) is 0.429. The topological polar surface area (TPSA) is 57.6 Å². The van der Waals surface area contributed by atoms with Crippen LogP contribution in [0.25, 0.3) is 0 Å². The summed E-state index contributed by atoms with van der Waals surface area (Å²) in [6, 6.07) is 9.34. The first-order valence-electron chi connectivity index (χ1n) is 6.11. The van der Waals surface area contributed by atoms with Crippen LogP contribution in [-0.4, -0.2) is 27.9 Å². The molecule has 1 N–H and O–H groups in total. The molecule has 1 amide bonds. The minimum absolute atomic E-state index is 0.0775. The molecule has 1 saturated heterocycles. The predicted molar refractivity (Wildman–Crippen MR) is 66.9 cm³/mol. The van der Waals surface area contributed by atoms with E-state index in [1.807, 2.05) is 44.2 Å². The third kappa shape index (κ3) is 2.10. The number of benzene rings is 1. The molecule has 2 rings (SSSR count). The second kappa shape index (κ2) is 4.80. The second-order valence-corrected chi connectivity index (χ2v) is 4.78. The Morgan fingerprint density at radius 2 is 2.00 bits per heavy atom. The summed E-state index contributed by atoms with van der Waals surface area (Å²) in [7, 11) is 0. The van der Waals surface area contributed by atoms with Crippen LogP contribution in [0.4, 0.5) is 0 Å². The van der Waals surface area contributed by atoms with E-state index in [0.29, 0.717) is 0 Å². The molecule has 1 fully saturated rings. The molecule has 18 heavy (non-hydrogen) atoms. The number of carbonyl (C=O) groups excluding carboxylic acids is 1. The Kier molecular flexibility index (Phi) is 3.36. The fourth-order valence-electron chi connectivity index (χ4n) is 2.64. The van der Waals surface area contributed by atoms with Crippen molar-refractivity contribution in [2.24, 2.45) is 5.92 Å². The molecule has 0 unspecified atom stereocenters. The number of carbonyl (C=O) groups is 2. The van der Waals surface area contributed by atoms with Gasteiger partial charge in [-0.25, -0.2) is 0 Å². The van der Waals surface area contributed by atoms with Crippen LogP contribution in [0.3, 0.4) is 0 Å². The number of aliphatic carboxylic acids is 1. The van der Waals surface area contributed by atoms with Crippen molar-refractivity contribution in [1.29, 1.82) is 0 Å². The minimum atomic E-state index is -0.890. The van der Waals surface area contributed by atoms with E-state index in [1.54, 1.807) is 4.90 Å². The maximum absolute atomic E-state index is 12.0. The molecule has 96 valence electrons. The number of rotatable bonds is 3. The van der Waals surface area contributed by atoms with Crippen molar-refractivity contribution in [3.05, 3.63) is 35.9 Å². The average molecular weight is 247 g/mol. The van der Waals surface area contributed by atoms with Gasteiger partial charge in [-0.1, -0.05) is 30.3 Å². The third-order valence-electron chi connectivity index (χ3n) is 3.72. The molecule has 0 aliphatic carbocycles. The molecular weight excluding hydrogens is 230 g/mol. The smallest absolute Gasteiger partial charge is 0.309 e. The molecular formula is C14H17NO3. The highest BCUT2D eigenvalue weighted by molar-refractivity contribution is 5.87. The molecule has 0 saturated carbocycles. The summed E-state index contributed by atoms with van der Waals surface area (Å²) in [4.78, 5) is 24.7. The monoisotopic (exact) mass is 247 g/mol. The summed E-state index contributed by atoms with van der Waals surface area (Å²) in [5.74, 6) is -1.56. The lowest BCUT2D eigenvalue weighted by Gasteiger charge is -2.30. The molecule has 1 heterocycles. The molecule has 4 nitrogen and oxygen atoms in total. The van der Waals surface area contributed by atoms with Crippen molar-refractivity contribution in [2.45, 2.75) is 32.4 Å². The highest BCUT2D eigenvalue weighted by atomic mass is 16.4. The Hall–Kier alpha value is -1.84. The lowest BCUT2D eigenvalue weighted by Crippen LogP contribution is -2.36. The molecule has 1 aromatic carbocycles. The molecule has 1 aliphatic heterocycles. The minimum Gasteiger partial charge on any atom is -0.481 e. The Balaban J connectivity index is 2.23. The molecule has 1 aromatic rings. The summed E-state index contributed by atoms with van der Waals surface area (Å²) in [5, 5.41) is 9.09. The van der Waals surface area contributed by atoms with E-state index in [4.69, 9.17) is 5.11 Å². The van der Waals surface area contributed by atoms with Gasteiger partial charge in [-0.15, -0.1) is 0 Å². The molecule has 3 atom stereocenters. The van der Waals surface area contributed by atoms with Gasteiger partial charge in [0.1, 0.15) is 0 Å². The fourth-order valence-corrected chi connectivity index (χ4v) is 2.64. The third-order valence-corrected chi connectivity index (χ3v) is 3.72. The van der Waals surface area contributed by atoms with Crippen LogP contribution in [0.5, 0.6) is 0 Å². The molecule has 0 bridgehead atoms. The molecule has 4 heteroatoms. The Morgan fingerprint density at radius 1 is 1.39 bits per heavy atom. The van der Waals surface area contributed by atoms with Gasteiger partial charge < -0.3 is 10.0 Å². The lowest BCUT2D eigenvalue weighted by atomic mass is 10.0. The van der Waals surface area contributed by atoms with Crippen LogP contribution in [-0.2, 0) is 9.59 Å². The normalized spacial score (nSPS) is 25.2. The van der Waals surface area contributed by atoms with E-state index in [1.165, 1.54) is 0 Å². The Labute approximate surface area is 106 Å². The average Bonchev–Trinajstić information content (AvgIpc) is 2.65. The standard InChI is InChI=1S/C14H17NO3/c1-9(11-6-4-3-5-7-11)15-10(2)12(14(17)18)8-13(15)16/h3-7,9-10,12H,8H2,1-2H3,(H,17,18)/t9-,10+,12-/m0/s1. The first-order chi connectivity index (χ1) is 8.52. The first kappa shape index (κ1) is 12.6. The number of hydrogen-bond acceptors (Lipinski definition) is 2. The number of hydrogen-bond donors (Lipinski definition) is 1. The van der Waals surface area contributed by atoms with Gasteiger partial charge in [0.25, 0.3) is 0 Å². The largest absolute Gasteiger partial charge is 0.481 e. The number of amides is 1. The van der Waals surface area contributed by atoms with Gasteiger partial charge in [0.15, 0.2) is 0 Å². The van der Waals surface area contributed by atoms with Gasteiger partial charge in [0.2, 0.25) is 5.91 Å². The molecule has 0 aromatic heterocycles. The SMILES string of the molecule is C[C@@H]1[C@@H](C(=O)O)CC(=O)N1[C@@H](C)c1ccccc1. The zero-order chi connectivity index (χ0) is 13.3. The number of carboxylic acids is 1. The van der Waals surface area contributed by atoms with Crippen LogP contribution in [0, 0.1) is 5.92 Å². The summed E-state index contributed by atoms with van der Waals surface area (Å²) in [6.45, 7) is 3.75. The predicted octanol–water partition coefficient (Wildman–Crippen LogP) is 2.07. The van der Waals surface area contributed by atoms with Gasteiger partial charge in [-0.2, -0.15) is 0 Å². The zero-order valence-corrected chi connectivity index (χ0v) is 10.5. The van der Waals surface area contributed by atoms with E-state index in [-0.39, 0.29) is 24.4 Å². The van der Waals surface area contributed by atoms with E-state index >= 15 is 0 Å². The summed E-state index contributed by atoms with van der Waals surface area (Å²) in [6.07, 6.45) is 0.105. The first-order valence-corrected chi connectivity index (χ1v) is 6.11. The van der Waals surface area contributed by atoms with E-state index in [0.717, 1.165) is 5.56 Å². The van der Waals surface area contributed by atoms with Crippen molar-refractivity contribution in [3.8, 4) is 0 Å². The van der Waals surface area contributed by atoms with Crippen LogP contribution in [0.2, 0.25) is 0 Å². The zero-order valence-electron chi connectivity index (χ0n) is 10.5. The number of nitrogens with zero attached hydrogens (tertiary/aromatic N) is 1. The summed E-state index contributed by atoms with van der Waals surface area (Å²) < 4.78 is 0. The summed E-state index contributed by atoms with van der Waals surface area (Å²) >= 11 is 0. The van der Waals surface area contributed by atoms with Gasteiger partial charge >= 0.3 is 5.97 Å².